The Kier molecular flexibility index (Phi) is 5.18. The molecule has 1 atom stereocenters. The highest BCUT2D eigenvalue weighted by molar-refractivity contribution is 7.18. The van der Waals surface area contributed by atoms with Crippen LogP contribution in [0.4, 0.5) is 10.1 Å². The first kappa shape index (κ1) is 18.1. The number of fused-ring (bicyclic) bond motifs is 1. The van der Waals surface area contributed by atoms with Gasteiger partial charge in [0, 0.05) is 18.2 Å². The standard InChI is InChI=1S/C21H22FN3OS/c1-14-8-9-16(11-17(14)22)23-20(26)13-25-10-4-5-15(12-25)21-24-18-6-2-3-7-19(18)27-21/h2-3,6-9,11,15H,4-5,10,12-13H2,1H3,(H,23,26)/t15-/m1/s1. The zero-order chi connectivity index (χ0) is 18.8. The lowest BCUT2D eigenvalue weighted by Gasteiger charge is -2.31. The van der Waals surface area contributed by atoms with E-state index in [0.717, 1.165) is 36.5 Å². The molecule has 1 saturated heterocycles. The van der Waals surface area contributed by atoms with Gasteiger partial charge in [-0.15, -0.1) is 11.3 Å². The molecule has 0 spiro atoms. The van der Waals surface area contributed by atoms with Gasteiger partial charge in [-0.2, -0.15) is 0 Å². The molecule has 4 nitrogen and oxygen atoms in total. The molecule has 2 aromatic carbocycles. The van der Waals surface area contributed by atoms with Crippen molar-refractivity contribution in [1.29, 1.82) is 0 Å². The fourth-order valence-electron chi connectivity index (χ4n) is 3.54. The van der Waals surface area contributed by atoms with Gasteiger partial charge in [-0.05, 0) is 56.1 Å². The number of carbonyl (C=O) groups excluding carboxylic acids is 1. The molecule has 1 aliphatic heterocycles. The Hall–Kier alpha value is -2.31. The maximum absolute atomic E-state index is 13.6. The van der Waals surface area contributed by atoms with E-state index in [1.165, 1.54) is 10.8 Å². The number of halogens is 1. The van der Waals surface area contributed by atoms with Crippen LogP contribution in [0.2, 0.25) is 0 Å². The topological polar surface area (TPSA) is 45.2 Å². The molecule has 0 aliphatic carbocycles. The van der Waals surface area contributed by atoms with E-state index in [1.54, 1.807) is 30.4 Å². The fourth-order valence-corrected chi connectivity index (χ4v) is 4.63. The number of amides is 1. The summed E-state index contributed by atoms with van der Waals surface area (Å²) >= 11 is 1.75. The Morgan fingerprint density at radius 3 is 3.00 bits per heavy atom. The van der Waals surface area contributed by atoms with Gasteiger partial charge in [-0.3, -0.25) is 9.69 Å². The summed E-state index contributed by atoms with van der Waals surface area (Å²) in [4.78, 5) is 19.3. The predicted octanol–water partition coefficient (Wildman–Crippen LogP) is 4.56. The van der Waals surface area contributed by atoms with Crippen LogP contribution in [0.1, 0.15) is 29.3 Å². The van der Waals surface area contributed by atoms with E-state index in [1.807, 2.05) is 18.2 Å². The van der Waals surface area contributed by atoms with Crippen molar-refractivity contribution in [1.82, 2.24) is 9.88 Å². The minimum atomic E-state index is -0.304. The number of likely N-dealkylation sites (tertiary alicyclic amines) is 1. The van der Waals surface area contributed by atoms with Crippen molar-refractivity contribution in [3.8, 4) is 0 Å². The lowest BCUT2D eigenvalue weighted by atomic mass is 9.99. The third-order valence-corrected chi connectivity index (χ3v) is 6.19. The molecule has 1 amide bonds. The Bertz CT molecular complexity index is 938. The molecule has 1 N–H and O–H groups in total. The molecule has 3 aromatic rings. The van der Waals surface area contributed by atoms with Crippen molar-refractivity contribution in [3.63, 3.8) is 0 Å². The molecule has 6 heteroatoms. The van der Waals surface area contributed by atoms with E-state index in [2.05, 4.69) is 16.3 Å². The highest BCUT2D eigenvalue weighted by Crippen LogP contribution is 2.32. The Morgan fingerprint density at radius 1 is 1.33 bits per heavy atom. The van der Waals surface area contributed by atoms with Gasteiger partial charge in [0.1, 0.15) is 5.82 Å². The van der Waals surface area contributed by atoms with Crippen LogP contribution in [-0.2, 0) is 4.79 Å². The first-order valence-corrected chi connectivity index (χ1v) is 10.0. The summed E-state index contributed by atoms with van der Waals surface area (Å²) in [5.41, 5.74) is 2.12. The normalized spacial score (nSPS) is 17.9. The second-order valence-corrected chi connectivity index (χ2v) is 8.17. The highest BCUT2D eigenvalue weighted by Gasteiger charge is 2.25. The molecule has 2 heterocycles. The van der Waals surface area contributed by atoms with E-state index < -0.39 is 0 Å². The zero-order valence-electron chi connectivity index (χ0n) is 15.2. The predicted molar refractivity (Wildman–Crippen MR) is 108 cm³/mol. The fraction of sp³-hybridized carbons (Fsp3) is 0.333. The summed E-state index contributed by atoms with van der Waals surface area (Å²) in [6.45, 7) is 3.75. The van der Waals surface area contributed by atoms with Gasteiger partial charge >= 0.3 is 0 Å². The minimum absolute atomic E-state index is 0.108. The summed E-state index contributed by atoms with van der Waals surface area (Å²) in [5, 5.41) is 3.95. The lowest BCUT2D eigenvalue weighted by Crippen LogP contribution is -2.39. The highest BCUT2D eigenvalue weighted by atomic mass is 32.1. The molecule has 1 fully saturated rings. The number of hydrogen-bond acceptors (Lipinski definition) is 4. The molecule has 0 unspecified atom stereocenters. The molecular formula is C21H22FN3OS. The number of para-hydroxylation sites is 1. The summed E-state index contributed by atoms with van der Waals surface area (Å²) in [7, 11) is 0. The van der Waals surface area contributed by atoms with Gasteiger partial charge in [0.25, 0.3) is 0 Å². The first-order valence-electron chi connectivity index (χ1n) is 9.22. The summed E-state index contributed by atoms with van der Waals surface area (Å²) in [5.74, 6) is -0.0503. The van der Waals surface area contributed by atoms with E-state index in [0.29, 0.717) is 23.7 Å². The molecule has 140 valence electrons. The number of piperidine rings is 1. The molecule has 4 rings (SSSR count). The van der Waals surface area contributed by atoms with Crippen LogP contribution in [0.3, 0.4) is 0 Å². The third kappa shape index (κ3) is 4.17. The maximum atomic E-state index is 13.6. The Labute approximate surface area is 162 Å². The van der Waals surface area contributed by atoms with Crippen LogP contribution < -0.4 is 5.32 Å². The van der Waals surface area contributed by atoms with Gasteiger partial charge in [-0.25, -0.2) is 9.37 Å². The molecule has 0 radical (unpaired) electrons. The Balaban J connectivity index is 1.39. The van der Waals surface area contributed by atoms with E-state index in [9.17, 15) is 9.18 Å². The van der Waals surface area contributed by atoms with Crippen LogP contribution in [0.15, 0.2) is 42.5 Å². The average Bonchev–Trinajstić information content (AvgIpc) is 3.09. The van der Waals surface area contributed by atoms with E-state index >= 15 is 0 Å². The molecule has 1 aromatic heterocycles. The lowest BCUT2D eigenvalue weighted by molar-refractivity contribution is -0.117. The quantitative estimate of drug-likeness (QED) is 0.718. The number of rotatable bonds is 4. The second kappa shape index (κ2) is 7.74. The number of nitrogens with one attached hydrogen (secondary N) is 1. The zero-order valence-corrected chi connectivity index (χ0v) is 16.1. The molecule has 27 heavy (non-hydrogen) atoms. The number of carbonyl (C=O) groups is 1. The molecular weight excluding hydrogens is 361 g/mol. The number of nitrogens with zero attached hydrogens (tertiary/aromatic N) is 2. The second-order valence-electron chi connectivity index (χ2n) is 7.11. The summed E-state index contributed by atoms with van der Waals surface area (Å²) in [6, 6.07) is 13.0. The summed E-state index contributed by atoms with van der Waals surface area (Å²) in [6.07, 6.45) is 2.15. The van der Waals surface area contributed by atoms with E-state index in [4.69, 9.17) is 4.98 Å². The summed E-state index contributed by atoms with van der Waals surface area (Å²) < 4.78 is 14.9. The van der Waals surface area contributed by atoms with Crippen LogP contribution in [-0.4, -0.2) is 35.4 Å². The van der Waals surface area contributed by atoms with Crippen molar-refractivity contribution in [2.24, 2.45) is 0 Å². The Morgan fingerprint density at radius 2 is 2.19 bits per heavy atom. The SMILES string of the molecule is Cc1ccc(NC(=O)CN2CCC[C@@H](c3nc4ccccc4s3)C2)cc1F. The number of aromatic nitrogens is 1. The van der Waals surface area contributed by atoms with Crippen LogP contribution in [0, 0.1) is 12.7 Å². The number of hydrogen-bond donors (Lipinski definition) is 1. The van der Waals surface area contributed by atoms with Crippen LogP contribution in [0.25, 0.3) is 10.2 Å². The van der Waals surface area contributed by atoms with Gasteiger partial charge in [-0.1, -0.05) is 18.2 Å². The van der Waals surface area contributed by atoms with Crippen LogP contribution in [0.5, 0.6) is 0 Å². The largest absolute Gasteiger partial charge is 0.325 e. The molecule has 0 saturated carbocycles. The van der Waals surface area contributed by atoms with Crippen LogP contribution >= 0.6 is 11.3 Å². The molecule has 1 aliphatic rings. The van der Waals surface area contributed by atoms with Crippen molar-refractivity contribution in [2.45, 2.75) is 25.7 Å². The third-order valence-electron chi connectivity index (χ3n) is 4.99. The van der Waals surface area contributed by atoms with Crippen molar-refractivity contribution in [3.05, 3.63) is 58.9 Å². The monoisotopic (exact) mass is 383 g/mol. The van der Waals surface area contributed by atoms with Crippen molar-refractivity contribution < 1.29 is 9.18 Å². The minimum Gasteiger partial charge on any atom is -0.325 e. The van der Waals surface area contributed by atoms with Gasteiger partial charge in [0.05, 0.1) is 21.8 Å². The smallest absolute Gasteiger partial charge is 0.238 e. The number of aryl methyl sites for hydroxylation is 1. The van der Waals surface area contributed by atoms with Crippen molar-refractivity contribution >= 4 is 33.1 Å². The van der Waals surface area contributed by atoms with E-state index in [-0.39, 0.29) is 11.7 Å². The number of benzene rings is 2. The van der Waals surface area contributed by atoms with Gasteiger partial charge in [0.2, 0.25) is 5.91 Å². The van der Waals surface area contributed by atoms with Gasteiger partial charge in [0.15, 0.2) is 0 Å². The number of anilines is 1. The van der Waals surface area contributed by atoms with Gasteiger partial charge < -0.3 is 5.32 Å². The average molecular weight is 383 g/mol. The number of thiazole rings is 1. The maximum Gasteiger partial charge on any atom is 0.238 e. The van der Waals surface area contributed by atoms with Crippen molar-refractivity contribution in [2.75, 3.05) is 25.0 Å². The molecule has 0 bridgehead atoms. The first-order chi connectivity index (χ1) is 13.1.